The zero-order valence-corrected chi connectivity index (χ0v) is 14.7. The average molecular weight is 374 g/mol. The standard InChI is InChI=1S/C15H20ClN3O4S/c16-12-3-5-13(6-4-12)24(21,22)19-7-1-2-14(19)17-15(20)18-8-10-23-11-9-18/h3-6,14H,1-2,7-11H2,(H,17,20). The van der Waals surface area contributed by atoms with Gasteiger partial charge < -0.3 is 15.0 Å². The third-order valence-corrected chi connectivity index (χ3v) is 6.39. The largest absolute Gasteiger partial charge is 0.378 e. The van der Waals surface area contributed by atoms with E-state index in [4.69, 9.17) is 16.3 Å². The van der Waals surface area contributed by atoms with E-state index in [2.05, 4.69) is 5.32 Å². The van der Waals surface area contributed by atoms with Gasteiger partial charge in [-0.25, -0.2) is 13.2 Å². The van der Waals surface area contributed by atoms with Crippen LogP contribution >= 0.6 is 11.6 Å². The number of carbonyl (C=O) groups is 1. The van der Waals surface area contributed by atoms with Gasteiger partial charge in [-0.3, -0.25) is 0 Å². The number of halogens is 1. The predicted octanol–water partition coefficient (Wildman–Crippen LogP) is 1.49. The minimum Gasteiger partial charge on any atom is -0.378 e. The van der Waals surface area contributed by atoms with Crippen molar-refractivity contribution in [3.63, 3.8) is 0 Å². The molecule has 0 aromatic heterocycles. The molecule has 1 N–H and O–H groups in total. The first-order valence-electron chi connectivity index (χ1n) is 7.89. The molecular weight excluding hydrogens is 354 g/mol. The number of hydrogen-bond acceptors (Lipinski definition) is 4. The Balaban J connectivity index is 1.72. The molecule has 2 aliphatic heterocycles. The van der Waals surface area contributed by atoms with Crippen LogP contribution < -0.4 is 5.32 Å². The van der Waals surface area contributed by atoms with Crippen LogP contribution in [0.2, 0.25) is 5.02 Å². The summed E-state index contributed by atoms with van der Waals surface area (Å²) in [6.45, 7) is 2.43. The lowest BCUT2D eigenvalue weighted by atomic mass is 10.3. The Labute approximate surface area is 146 Å². The lowest BCUT2D eigenvalue weighted by Gasteiger charge is -2.31. The Hall–Kier alpha value is -1.35. The van der Waals surface area contributed by atoms with E-state index in [1.807, 2.05) is 0 Å². The maximum Gasteiger partial charge on any atom is 0.318 e. The van der Waals surface area contributed by atoms with Crippen molar-refractivity contribution in [2.45, 2.75) is 23.9 Å². The highest BCUT2D eigenvalue weighted by molar-refractivity contribution is 7.89. The first-order valence-corrected chi connectivity index (χ1v) is 9.71. The maximum absolute atomic E-state index is 12.8. The highest BCUT2D eigenvalue weighted by Gasteiger charge is 2.36. The van der Waals surface area contributed by atoms with Crippen molar-refractivity contribution in [1.29, 1.82) is 0 Å². The summed E-state index contributed by atoms with van der Waals surface area (Å²) < 4.78 is 32.2. The summed E-state index contributed by atoms with van der Waals surface area (Å²) in [6.07, 6.45) is 0.782. The van der Waals surface area contributed by atoms with Crippen molar-refractivity contribution in [3.05, 3.63) is 29.3 Å². The molecule has 7 nitrogen and oxygen atoms in total. The van der Waals surface area contributed by atoms with Crippen molar-refractivity contribution in [2.24, 2.45) is 0 Å². The van der Waals surface area contributed by atoms with Gasteiger partial charge in [-0.1, -0.05) is 11.6 Å². The van der Waals surface area contributed by atoms with Gasteiger partial charge in [0.1, 0.15) is 0 Å². The third kappa shape index (κ3) is 3.66. The Morgan fingerprint density at radius 3 is 2.50 bits per heavy atom. The number of morpholine rings is 1. The van der Waals surface area contributed by atoms with Crippen molar-refractivity contribution in [3.8, 4) is 0 Å². The fraction of sp³-hybridized carbons (Fsp3) is 0.533. The second-order valence-electron chi connectivity index (χ2n) is 5.78. The molecule has 0 aliphatic carbocycles. The van der Waals surface area contributed by atoms with Gasteiger partial charge in [0.05, 0.1) is 24.3 Å². The second kappa shape index (κ2) is 7.26. The van der Waals surface area contributed by atoms with Crippen LogP contribution in [0.1, 0.15) is 12.8 Å². The fourth-order valence-corrected chi connectivity index (χ4v) is 4.65. The molecule has 0 bridgehead atoms. The highest BCUT2D eigenvalue weighted by Crippen LogP contribution is 2.25. The number of hydrogen-bond donors (Lipinski definition) is 1. The summed E-state index contributed by atoms with van der Waals surface area (Å²) in [6, 6.07) is 5.81. The molecule has 2 amide bonds. The zero-order chi connectivity index (χ0) is 17.2. The topological polar surface area (TPSA) is 79.0 Å². The lowest BCUT2D eigenvalue weighted by Crippen LogP contribution is -2.53. The van der Waals surface area contributed by atoms with Gasteiger partial charge in [0, 0.05) is 24.7 Å². The number of nitrogens with zero attached hydrogens (tertiary/aromatic N) is 2. The molecule has 3 rings (SSSR count). The van der Waals surface area contributed by atoms with Gasteiger partial charge in [0.25, 0.3) is 0 Å². The van der Waals surface area contributed by atoms with Crippen LogP contribution in [0.3, 0.4) is 0 Å². The van der Waals surface area contributed by atoms with Crippen LogP contribution in [0.5, 0.6) is 0 Å². The Kier molecular flexibility index (Phi) is 5.29. The molecule has 0 saturated carbocycles. The van der Waals surface area contributed by atoms with E-state index < -0.39 is 16.2 Å². The summed E-state index contributed by atoms with van der Waals surface area (Å²) in [4.78, 5) is 14.2. The van der Waals surface area contributed by atoms with Crippen molar-refractivity contribution < 1.29 is 17.9 Å². The number of sulfonamides is 1. The molecule has 2 fully saturated rings. The van der Waals surface area contributed by atoms with Crippen molar-refractivity contribution in [2.75, 3.05) is 32.8 Å². The number of amides is 2. The number of nitrogens with one attached hydrogen (secondary N) is 1. The molecule has 1 aromatic carbocycles. The SMILES string of the molecule is O=C(NC1CCCN1S(=O)(=O)c1ccc(Cl)cc1)N1CCOCC1. The molecule has 24 heavy (non-hydrogen) atoms. The summed E-state index contributed by atoms with van der Waals surface area (Å²) in [7, 11) is -3.66. The third-order valence-electron chi connectivity index (χ3n) is 4.21. The summed E-state index contributed by atoms with van der Waals surface area (Å²) in [5.74, 6) is 0. The number of rotatable bonds is 3. The normalized spacial score (nSPS) is 22.5. The average Bonchev–Trinajstić information content (AvgIpc) is 3.05. The first-order chi connectivity index (χ1) is 11.5. The van der Waals surface area contributed by atoms with Gasteiger partial charge in [0.15, 0.2) is 0 Å². The Bertz CT molecular complexity index is 689. The second-order valence-corrected chi connectivity index (χ2v) is 8.10. The van der Waals surface area contributed by atoms with Gasteiger partial charge in [0.2, 0.25) is 10.0 Å². The van der Waals surface area contributed by atoms with E-state index in [1.165, 1.54) is 16.4 Å². The van der Waals surface area contributed by atoms with E-state index in [0.717, 1.165) is 0 Å². The Morgan fingerprint density at radius 2 is 1.83 bits per heavy atom. The molecule has 2 aliphatic rings. The van der Waals surface area contributed by atoms with Gasteiger partial charge >= 0.3 is 6.03 Å². The summed E-state index contributed by atoms with van der Waals surface area (Å²) in [5.41, 5.74) is 0. The lowest BCUT2D eigenvalue weighted by molar-refractivity contribution is 0.0517. The highest BCUT2D eigenvalue weighted by atomic mass is 35.5. The number of carbonyl (C=O) groups excluding carboxylic acids is 1. The van der Waals surface area contributed by atoms with Crippen molar-refractivity contribution >= 4 is 27.7 Å². The van der Waals surface area contributed by atoms with E-state index in [9.17, 15) is 13.2 Å². The molecule has 9 heteroatoms. The molecule has 132 valence electrons. The maximum atomic E-state index is 12.8. The van der Waals surface area contributed by atoms with E-state index in [1.54, 1.807) is 17.0 Å². The Morgan fingerprint density at radius 1 is 1.17 bits per heavy atom. The molecule has 2 heterocycles. The van der Waals surface area contributed by atoms with Gasteiger partial charge in [-0.05, 0) is 37.1 Å². The molecule has 0 radical (unpaired) electrons. The first kappa shape index (κ1) is 17.5. The minimum atomic E-state index is -3.66. The van der Waals surface area contributed by atoms with Crippen LogP contribution in [0.15, 0.2) is 29.2 Å². The molecule has 1 aromatic rings. The van der Waals surface area contributed by atoms with Gasteiger partial charge in [-0.15, -0.1) is 0 Å². The van der Waals surface area contributed by atoms with Crippen LogP contribution in [-0.2, 0) is 14.8 Å². The zero-order valence-electron chi connectivity index (χ0n) is 13.2. The summed E-state index contributed by atoms with van der Waals surface area (Å²) >= 11 is 5.82. The number of urea groups is 1. The predicted molar refractivity (Wildman–Crippen MR) is 89.3 cm³/mol. The summed E-state index contributed by atoms with van der Waals surface area (Å²) in [5, 5.41) is 3.32. The molecule has 1 atom stereocenters. The molecule has 0 spiro atoms. The van der Waals surface area contributed by atoms with Crippen LogP contribution in [-0.4, -0.2) is 62.7 Å². The smallest absolute Gasteiger partial charge is 0.318 e. The van der Waals surface area contributed by atoms with E-state index >= 15 is 0 Å². The number of ether oxygens (including phenoxy) is 1. The molecular formula is C15H20ClN3O4S. The quantitative estimate of drug-likeness (QED) is 0.870. The van der Waals surface area contributed by atoms with Crippen molar-refractivity contribution in [1.82, 2.24) is 14.5 Å². The molecule has 1 unspecified atom stereocenters. The van der Waals surface area contributed by atoms with E-state index in [-0.39, 0.29) is 10.9 Å². The number of benzene rings is 1. The fourth-order valence-electron chi connectivity index (χ4n) is 2.91. The van der Waals surface area contributed by atoms with Crippen LogP contribution in [0.25, 0.3) is 0 Å². The van der Waals surface area contributed by atoms with Crippen LogP contribution in [0.4, 0.5) is 4.79 Å². The molecule has 2 saturated heterocycles. The van der Waals surface area contributed by atoms with E-state index in [0.29, 0.717) is 50.7 Å². The van der Waals surface area contributed by atoms with Gasteiger partial charge in [-0.2, -0.15) is 4.31 Å². The minimum absolute atomic E-state index is 0.180. The van der Waals surface area contributed by atoms with Crippen LogP contribution in [0, 0.1) is 0 Å². The monoisotopic (exact) mass is 373 g/mol.